The number of carbonyl (C=O) groups is 1. The molecule has 0 unspecified atom stereocenters. The van der Waals surface area contributed by atoms with Gasteiger partial charge in [-0.1, -0.05) is 12.1 Å². The molecule has 0 spiro atoms. The lowest BCUT2D eigenvalue weighted by Gasteiger charge is -2.11. The molecule has 1 amide bonds. The van der Waals surface area contributed by atoms with Crippen molar-refractivity contribution < 1.29 is 22.4 Å². The Labute approximate surface area is 139 Å². The van der Waals surface area contributed by atoms with Crippen molar-refractivity contribution in [2.24, 2.45) is 0 Å². The molecule has 25 heavy (non-hydrogen) atoms. The summed E-state index contributed by atoms with van der Waals surface area (Å²) in [5.41, 5.74) is 0.460. The van der Waals surface area contributed by atoms with Crippen molar-refractivity contribution in [2.45, 2.75) is 12.7 Å². The SMILES string of the molecule is O=C1NCCn2c(-c3ccc(C(F)(F)F)c(F)c3)nc3cccc1c32. The summed E-state index contributed by atoms with van der Waals surface area (Å²) in [7, 11) is 0. The van der Waals surface area contributed by atoms with E-state index in [2.05, 4.69) is 10.3 Å². The zero-order valence-corrected chi connectivity index (χ0v) is 12.7. The van der Waals surface area contributed by atoms with Crippen LogP contribution in [0.3, 0.4) is 0 Å². The predicted molar refractivity (Wildman–Crippen MR) is 82.5 cm³/mol. The van der Waals surface area contributed by atoms with Gasteiger partial charge < -0.3 is 9.88 Å². The number of aromatic nitrogens is 2. The molecule has 0 bridgehead atoms. The van der Waals surface area contributed by atoms with Gasteiger partial charge >= 0.3 is 6.18 Å². The Kier molecular flexibility index (Phi) is 3.31. The third-order valence-electron chi connectivity index (χ3n) is 4.16. The van der Waals surface area contributed by atoms with Crippen LogP contribution in [0.25, 0.3) is 22.4 Å². The summed E-state index contributed by atoms with van der Waals surface area (Å²) >= 11 is 0. The number of carbonyl (C=O) groups excluding carboxylic acids is 1. The van der Waals surface area contributed by atoms with Crippen molar-refractivity contribution in [1.82, 2.24) is 14.9 Å². The summed E-state index contributed by atoms with van der Waals surface area (Å²) in [6, 6.07) is 7.76. The first-order valence-electron chi connectivity index (χ1n) is 7.51. The van der Waals surface area contributed by atoms with Crippen molar-refractivity contribution in [2.75, 3.05) is 6.54 Å². The van der Waals surface area contributed by atoms with Crippen LogP contribution < -0.4 is 5.32 Å². The van der Waals surface area contributed by atoms with Crippen LogP contribution >= 0.6 is 0 Å². The van der Waals surface area contributed by atoms with Crippen molar-refractivity contribution in [3.63, 3.8) is 0 Å². The van der Waals surface area contributed by atoms with E-state index in [1.165, 1.54) is 6.07 Å². The average molecular weight is 349 g/mol. The number of amides is 1. The van der Waals surface area contributed by atoms with E-state index in [0.717, 1.165) is 6.07 Å². The van der Waals surface area contributed by atoms with Gasteiger partial charge in [0.2, 0.25) is 0 Å². The molecule has 8 heteroatoms. The van der Waals surface area contributed by atoms with Gasteiger partial charge in [-0.25, -0.2) is 9.37 Å². The fraction of sp³-hybridized carbons (Fsp3) is 0.176. The van der Waals surface area contributed by atoms with E-state index in [1.54, 1.807) is 22.8 Å². The van der Waals surface area contributed by atoms with E-state index in [4.69, 9.17) is 0 Å². The van der Waals surface area contributed by atoms with Gasteiger partial charge in [0.1, 0.15) is 11.6 Å². The maximum Gasteiger partial charge on any atom is 0.419 e. The Morgan fingerprint density at radius 1 is 1.16 bits per heavy atom. The molecule has 0 saturated carbocycles. The molecule has 128 valence electrons. The van der Waals surface area contributed by atoms with E-state index in [9.17, 15) is 22.4 Å². The monoisotopic (exact) mass is 349 g/mol. The van der Waals surface area contributed by atoms with E-state index in [1.807, 2.05) is 0 Å². The van der Waals surface area contributed by atoms with Gasteiger partial charge in [0, 0.05) is 18.7 Å². The number of imidazole rings is 1. The first kappa shape index (κ1) is 15.6. The Morgan fingerprint density at radius 3 is 2.68 bits per heavy atom. The maximum atomic E-state index is 13.9. The maximum absolute atomic E-state index is 13.9. The van der Waals surface area contributed by atoms with Crippen LogP contribution in [-0.4, -0.2) is 22.0 Å². The molecule has 2 aromatic carbocycles. The fourth-order valence-electron chi connectivity index (χ4n) is 3.07. The number of hydrogen-bond donors (Lipinski definition) is 1. The van der Waals surface area contributed by atoms with Gasteiger partial charge in [0.05, 0.1) is 22.2 Å². The van der Waals surface area contributed by atoms with Crippen LogP contribution in [0.4, 0.5) is 17.6 Å². The van der Waals surface area contributed by atoms with Crippen molar-refractivity contribution in [3.8, 4) is 11.4 Å². The number of alkyl halides is 3. The van der Waals surface area contributed by atoms with Gasteiger partial charge in [-0.05, 0) is 24.3 Å². The first-order chi connectivity index (χ1) is 11.9. The number of nitrogens with one attached hydrogen (secondary N) is 1. The standard InChI is InChI=1S/C17H11F4N3O/c18-12-8-9(4-5-11(12)17(19,20)21)15-23-13-3-1-2-10-14(13)24(15)7-6-22-16(10)25/h1-5,8H,6-7H2,(H,22,25). The minimum Gasteiger partial charge on any atom is -0.350 e. The van der Waals surface area contributed by atoms with Crippen LogP contribution in [0.15, 0.2) is 36.4 Å². The minimum atomic E-state index is -4.75. The second kappa shape index (κ2) is 5.30. The number of rotatable bonds is 1. The summed E-state index contributed by atoms with van der Waals surface area (Å²) < 4.78 is 53.9. The number of halogens is 4. The lowest BCUT2D eigenvalue weighted by Crippen LogP contribution is -2.24. The summed E-state index contributed by atoms with van der Waals surface area (Å²) in [5.74, 6) is -1.27. The molecule has 4 nitrogen and oxygen atoms in total. The Morgan fingerprint density at radius 2 is 1.96 bits per heavy atom. The predicted octanol–water partition coefficient (Wildman–Crippen LogP) is 3.60. The average Bonchev–Trinajstić information content (AvgIpc) is 2.83. The Bertz CT molecular complexity index is 1010. The molecular formula is C17H11F4N3O. The number of nitrogens with zero attached hydrogens (tertiary/aromatic N) is 2. The Hall–Kier alpha value is -2.90. The molecule has 1 aliphatic rings. The smallest absolute Gasteiger partial charge is 0.350 e. The molecule has 1 aliphatic heterocycles. The van der Waals surface area contributed by atoms with Crippen molar-refractivity contribution in [3.05, 3.63) is 53.3 Å². The van der Waals surface area contributed by atoms with Crippen LogP contribution in [0.5, 0.6) is 0 Å². The number of para-hydroxylation sites is 1. The second-order valence-electron chi connectivity index (χ2n) is 5.71. The van der Waals surface area contributed by atoms with Crippen molar-refractivity contribution in [1.29, 1.82) is 0 Å². The quantitative estimate of drug-likeness (QED) is 0.683. The Balaban J connectivity index is 1.94. The molecule has 4 rings (SSSR count). The molecule has 0 fully saturated rings. The van der Waals surface area contributed by atoms with E-state index >= 15 is 0 Å². The molecule has 0 aliphatic carbocycles. The summed E-state index contributed by atoms with van der Waals surface area (Å²) in [6.45, 7) is 0.728. The third-order valence-corrected chi connectivity index (χ3v) is 4.16. The largest absolute Gasteiger partial charge is 0.419 e. The minimum absolute atomic E-state index is 0.224. The fourth-order valence-corrected chi connectivity index (χ4v) is 3.07. The normalized spacial score (nSPS) is 14.5. The van der Waals surface area contributed by atoms with Gasteiger partial charge in [-0.15, -0.1) is 0 Å². The van der Waals surface area contributed by atoms with Gasteiger partial charge in [0.25, 0.3) is 5.91 Å². The highest BCUT2D eigenvalue weighted by atomic mass is 19.4. The van der Waals surface area contributed by atoms with E-state index in [-0.39, 0.29) is 11.5 Å². The third kappa shape index (κ3) is 2.45. The second-order valence-corrected chi connectivity index (χ2v) is 5.71. The highest BCUT2D eigenvalue weighted by Gasteiger charge is 2.34. The lowest BCUT2D eigenvalue weighted by molar-refractivity contribution is -0.139. The van der Waals surface area contributed by atoms with Crippen LogP contribution in [0.1, 0.15) is 15.9 Å². The molecule has 0 saturated heterocycles. The highest BCUT2D eigenvalue weighted by Crippen LogP contribution is 2.34. The molecule has 3 aromatic rings. The van der Waals surface area contributed by atoms with Gasteiger partial charge in [-0.3, -0.25) is 4.79 Å². The van der Waals surface area contributed by atoms with E-state index in [0.29, 0.717) is 41.6 Å². The zero-order valence-electron chi connectivity index (χ0n) is 12.7. The van der Waals surface area contributed by atoms with Gasteiger partial charge in [-0.2, -0.15) is 13.2 Å². The lowest BCUT2D eigenvalue weighted by atomic mass is 10.1. The van der Waals surface area contributed by atoms with Gasteiger partial charge in [0.15, 0.2) is 0 Å². The molecule has 1 N–H and O–H groups in total. The number of hydrogen-bond acceptors (Lipinski definition) is 2. The number of benzene rings is 2. The topological polar surface area (TPSA) is 46.9 Å². The molecule has 0 atom stereocenters. The van der Waals surface area contributed by atoms with E-state index < -0.39 is 17.6 Å². The molecular weight excluding hydrogens is 338 g/mol. The molecule has 2 heterocycles. The molecule has 1 aromatic heterocycles. The highest BCUT2D eigenvalue weighted by molar-refractivity contribution is 6.06. The summed E-state index contributed by atoms with van der Waals surface area (Å²) in [5, 5.41) is 2.75. The molecule has 0 radical (unpaired) electrons. The van der Waals surface area contributed by atoms with Crippen LogP contribution in [0, 0.1) is 5.82 Å². The van der Waals surface area contributed by atoms with Crippen LogP contribution in [0.2, 0.25) is 0 Å². The van der Waals surface area contributed by atoms with Crippen molar-refractivity contribution >= 4 is 16.9 Å². The summed E-state index contributed by atoms with van der Waals surface area (Å²) in [6.07, 6.45) is -4.75. The summed E-state index contributed by atoms with van der Waals surface area (Å²) in [4.78, 5) is 16.5. The zero-order chi connectivity index (χ0) is 17.8. The first-order valence-corrected chi connectivity index (χ1v) is 7.51. The van der Waals surface area contributed by atoms with Crippen LogP contribution in [-0.2, 0) is 12.7 Å².